The van der Waals surface area contributed by atoms with Crippen LogP contribution >= 0.6 is 0 Å². The lowest BCUT2D eigenvalue weighted by Gasteiger charge is -2.16. The Balaban J connectivity index is 2.62. The standard InChI is InChI=1S/C16H23NO2/c1-5-13-8-7-9-16(15(13)6-2)19-11-14(18)10-17-12(3)4/h5-9,12,14,17-18H,1-2,10-11H2,3-4H3. The van der Waals surface area contributed by atoms with Gasteiger partial charge in [-0.3, -0.25) is 0 Å². The molecular weight excluding hydrogens is 238 g/mol. The van der Waals surface area contributed by atoms with Crippen molar-refractivity contribution in [2.45, 2.75) is 26.0 Å². The van der Waals surface area contributed by atoms with Gasteiger partial charge in [0, 0.05) is 18.2 Å². The number of benzene rings is 1. The predicted octanol–water partition coefficient (Wildman–Crippen LogP) is 2.71. The first kappa shape index (κ1) is 15.5. The number of rotatable bonds is 8. The van der Waals surface area contributed by atoms with Crippen LogP contribution in [0.3, 0.4) is 0 Å². The van der Waals surface area contributed by atoms with Crippen LogP contribution in [-0.4, -0.2) is 30.4 Å². The molecule has 1 unspecified atom stereocenters. The fourth-order valence-electron chi connectivity index (χ4n) is 1.70. The van der Waals surface area contributed by atoms with E-state index in [9.17, 15) is 5.11 Å². The second kappa shape index (κ2) is 7.77. The third-order valence-corrected chi connectivity index (χ3v) is 2.72. The molecule has 0 amide bonds. The smallest absolute Gasteiger partial charge is 0.127 e. The molecule has 1 atom stereocenters. The number of hydrogen-bond donors (Lipinski definition) is 2. The van der Waals surface area contributed by atoms with Gasteiger partial charge in [-0.25, -0.2) is 0 Å². The minimum Gasteiger partial charge on any atom is -0.490 e. The van der Waals surface area contributed by atoms with E-state index >= 15 is 0 Å². The van der Waals surface area contributed by atoms with Crippen molar-refractivity contribution < 1.29 is 9.84 Å². The SMILES string of the molecule is C=Cc1cccc(OCC(O)CNC(C)C)c1C=C. The number of nitrogens with one attached hydrogen (secondary N) is 1. The Bertz CT molecular complexity index is 427. The summed E-state index contributed by atoms with van der Waals surface area (Å²) in [6.45, 7) is 12.4. The Morgan fingerprint density at radius 1 is 1.32 bits per heavy atom. The first-order chi connectivity index (χ1) is 9.08. The highest BCUT2D eigenvalue weighted by molar-refractivity contribution is 5.68. The van der Waals surface area contributed by atoms with E-state index in [-0.39, 0.29) is 6.61 Å². The van der Waals surface area contributed by atoms with Crippen LogP contribution in [-0.2, 0) is 0 Å². The summed E-state index contributed by atoms with van der Waals surface area (Å²) in [5.41, 5.74) is 1.88. The molecule has 1 aromatic carbocycles. The van der Waals surface area contributed by atoms with Gasteiger partial charge in [0.05, 0.1) is 0 Å². The van der Waals surface area contributed by atoms with E-state index in [1.807, 2.05) is 32.0 Å². The van der Waals surface area contributed by atoms with Crippen molar-refractivity contribution in [2.75, 3.05) is 13.2 Å². The van der Waals surface area contributed by atoms with Crippen LogP contribution in [0.15, 0.2) is 31.4 Å². The molecule has 0 aromatic heterocycles. The van der Waals surface area contributed by atoms with Gasteiger partial charge in [-0.05, 0) is 11.6 Å². The third kappa shape index (κ3) is 4.89. The molecule has 1 rings (SSSR count). The molecule has 0 saturated heterocycles. The van der Waals surface area contributed by atoms with Crippen LogP contribution in [0.2, 0.25) is 0 Å². The first-order valence-corrected chi connectivity index (χ1v) is 6.50. The highest BCUT2D eigenvalue weighted by atomic mass is 16.5. The van der Waals surface area contributed by atoms with Gasteiger partial charge < -0.3 is 15.2 Å². The van der Waals surface area contributed by atoms with Crippen molar-refractivity contribution >= 4 is 12.2 Å². The van der Waals surface area contributed by atoms with E-state index in [2.05, 4.69) is 18.5 Å². The van der Waals surface area contributed by atoms with E-state index in [4.69, 9.17) is 4.74 Å². The van der Waals surface area contributed by atoms with Crippen LogP contribution in [0.1, 0.15) is 25.0 Å². The van der Waals surface area contributed by atoms with E-state index in [0.717, 1.165) is 16.9 Å². The Kier molecular flexibility index (Phi) is 6.33. The number of hydrogen-bond acceptors (Lipinski definition) is 3. The summed E-state index contributed by atoms with van der Waals surface area (Å²) < 4.78 is 5.66. The van der Waals surface area contributed by atoms with Gasteiger partial charge in [-0.1, -0.05) is 51.3 Å². The van der Waals surface area contributed by atoms with Crippen LogP contribution < -0.4 is 10.1 Å². The number of aliphatic hydroxyl groups is 1. The average Bonchev–Trinajstić information content (AvgIpc) is 2.42. The molecule has 3 heteroatoms. The van der Waals surface area contributed by atoms with Gasteiger partial charge in [0.15, 0.2) is 0 Å². The van der Waals surface area contributed by atoms with Gasteiger partial charge in [-0.15, -0.1) is 0 Å². The molecule has 0 aliphatic carbocycles. The first-order valence-electron chi connectivity index (χ1n) is 6.50. The maximum Gasteiger partial charge on any atom is 0.127 e. The maximum absolute atomic E-state index is 9.82. The minimum atomic E-state index is -0.535. The Labute approximate surface area is 115 Å². The van der Waals surface area contributed by atoms with Gasteiger partial charge in [0.1, 0.15) is 18.5 Å². The molecule has 0 bridgehead atoms. The van der Waals surface area contributed by atoms with E-state index < -0.39 is 6.10 Å². The summed E-state index contributed by atoms with van der Waals surface area (Å²) in [6, 6.07) is 6.07. The summed E-state index contributed by atoms with van der Waals surface area (Å²) in [5, 5.41) is 13.0. The van der Waals surface area contributed by atoms with Crippen molar-refractivity contribution in [3.63, 3.8) is 0 Å². The molecule has 0 fully saturated rings. The van der Waals surface area contributed by atoms with E-state index in [1.54, 1.807) is 12.2 Å². The summed E-state index contributed by atoms with van der Waals surface area (Å²) in [7, 11) is 0. The third-order valence-electron chi connectivity index (χ3n) is 2.72. The van der Waals surface area contributed by atoms with Crippen molar-refractivity contribution in [3.05, 3.63) is 42.5 Å². The van der Waals surface area contributed by atoms with Crippen molar-refractivity contribution in [1.29, 1.82) is 0 Å². The molecule has 0 aliphatic heterocycles. The molecule has 1 aromatic rings. The second-order valence-electron chi connectivity index (χ2n) is 4.70. The normalized spacial score (nSPS) is 12.2. The average molecular weight is 261 g/mol. The molecule has 19 heavy (non-hydrogen) atoms. The lowest BCUT2D eigenvalue weighted by Crippen LogP contribution is -2.35. The molecule has 104 valence electrons. The van der Waals surface area contributed by atoms with Crippen LogP contribution in [0.4, 0.5) is 0 Å². The highest BCUT2D eigenvalue weighted by Crippen LogP contribution is 2.24. The molecular formula is C16H23NO2. The zero-order chi connectivity index (χ0) is 14.3. The van der Waals surface area contributed by atoms with Crippen molar-refractivity contribution in [3.8, 4) is 5.75 Å². The Morgan fingerprint density at radius 2 is 2.05 bits per heavy atom. The maximum atomic E-state index is 9.82. The monoisotopic (exact) mass is 261 g/mol. The van der Waals surface area contributed by atoms with Crippen molar-refractivity contribution in [2.24, 2.45) is 0 Å². The lowest BCUT2D eigenvalue weighted by molar-refractivity contribution is 0.104. The van der Waals surface area contributed by atoms with E-state index in [1.165, 1.54) is 0 Å². The summed E-state index contributed by atoms with van der Waals surface area (Å²) in [4.78, 5) is 0. The largest absolute Gasteiger partial charge is 0.490 e. The quantitative estimate of drug-likeness (QED) is 0.756. The molecule has 2 N–H and O–H groups in total. The molecule has 0 heterocycles. The zero-order valence-electron chi connectivity index (χ0n) is 11.7. The molecule has 0 saturated carbocycles. The van der Waals surface area contributed by atoms with Crippen LogP contribution in [0.25, 0.3) is 12.2 Å². The number of ether oxygens (including phenoxy) is 1. The zero-order valence-corrected chi connectivity index (χ0v) is 11.7. The summed E-state index contributed by atoms with van der Waals surface area (Å²) in [6.07, 6.45) is 2.97. The fourth-order valence-corrected chi connectivity index (χ4v) is 1.70. The van der Waals surface area contributed by atoms with E-state index in [0.29, 0.717) is 12.6 Å². The van der Waals surface area contributed by atoms with Crippen LogP contribution in [0.5, 0.6) is 5.75 Å². The lowest BCUT2D eigenvalue weighted by atomic mass is 10.1. The summed E-state index contributed by atoms with van der Waals surface area (Å²) >= 11 is 0. The second-order valence-corrected chi connectivity index (χ2v) is 4.70. The predicted molar refractivity (Wildman–Crippen MR) is 81.3 cm³/mol. The Hall–Kier alpha value is -1.58. The fraction of sp³-hybridized carbons (Fsp3) is 0.375. The van der Waals surface area contributed by atoms with Crippen molar-refractivity contribution in [1.82, 2.24) is 5.32 Å². The Morgan fingerprint density at radius 3 is 2.63 bits per heavy atom. The summed E-state index contributed by atoms with van der Waals surface area (Å²) in [5.74, 6) is 0.719. The molecule has 0 spiro atoms. The molecule has 0 aliphatic rings. The number of aliphatic hydroxyl groups excluding tert-OH is 1. The molecule has 0 radical (unpaired) electrons. The minimum absolute atomic E-state index is 0.251. The van der Waals surface area contributed by atoms with Gasteiger partial charge >= 0.3 is 0 Å². The van der Waals surface area contributed by atoms with Gasteiger partial charge in [0.2, 0.25) is 0 Å². The van der Waals surface area contributed by atoms with Gasteiger partial charge in [0.25, 0.3) is 0 Å². The molecule has 3 nitrogen and oxygen atoms in total. The topological polar surface area (TPSA) is 41.5 Å². The van der Waals surface area contributed by atoms with Crippen LogP contribution in [0, 0.1) is 0 Å². The van der Waals surface area contributed by atoms with Gasteiger partial charge in [-0.2, -0.15) is 0 Å². The highest BCUT2D eigenvalue weighted by Gasteiger charge is 2.09.